The number of hydrogen-bond donors (Lipinski definition) is 1. The Morgan fingerprint density at radius 2 is 2.28 bits per heavy atom. The molecule has 0 bridgehead atoms. The fourth-order valence-electron chi connectivity index (χ4n) is 2.59. The third kappa shape index (κ3) is 2.47. The molecule has 0 aromatic carbocycles. The minimum Gasteiger partial charge on any atom is -0.323 e. The first-order valence-electron chi connectivity index (χ1n) is 6.51. The SMILES string of the molecule is NC(Cc1ccn(C2CCCC2)n1)c1cncs1. The summed E-state index contributed by atoms with van der Waals surface area (Å²) in [6, 6.07) is 2.72. The Morgan fingerprint density at radius 1 is 1.44 bits per heavy atom. The lowest BCUT2D eigenvalue weighted by Crippen LogP contribution is -2.13. The Labute approximate surface area is 111 Å². The predicted octanol–water partition coefficient (Wildman–Crippen LogP) is 2.70. The standard InChI is InChI=1S/C13H18N4S/c14-12(13-8-15-9-18-13)7-10-5-6-17(16-10)11-3-1-2-4-11/h5-6,8-9,11-12H,1-4,7,14H2. The van der Waals surface area contributed by atoms with Crippen molar-refractivity contribution in [3.05, 3.63) is 34.5 Å². The molecule has 18 heavy (non-hydrogen) atoms. The van der Waals surface area contributed by atoms with Crippen LogP contribution in [-0.2, 0) is 6.42 Å². The average molecular weight is 262 g/mol. The van der Waals surface area contributed by atoms with Crippen LogP contribution in [-0.4, -0.2) is 14.8 Å². The zero-order valence-corrected chi connectivity index (χ0v) is 11.1. The summed E-state index contributed by atoms with van der Waals surface area (Å²) in [6.45, 7) is 0. The smallest absolute Gasteiger partial charge is 0.0794 e. The number of aromatic nitrogens is 3. The van der Waals surface area contributed by atoms with Crippen molar-refractivity contribution in [2.45, 2.75) is 44.2 Å². The van der Waals surface area contributed by atoms with Gasteiger partial charge in [0.15, 0.2) is 0 Å². The molecule has 0 aliphatic heterocycles. The van der Waals surface area contributed by atoms with E-state index >= 15 is 0 Å². The molecule has 0 amide bonds. The molecule has 96 valence electrons. The average Bonchev–Trinajstić information content (AvgIpc) is 3.12. The number of hydrogen-bond acceptors (Lipinski definition) is 4. The second-order valence-electron chi connectivity index (χ2n) is 4.94. The van der Waals surface area contributed by atoms with Gasteiger partial charge in [-0.3, -0.25) is 9.67 Å². The molecular weight excluding hydrogens is 244 g/mol. The summed E-state index contributed by atoms with van der Waals surface area (Å²) in [4.78, 5) is 5.20. The molecule has 1 aliphatic carbocycles. The van der Waals surface area contributed by atoms with Gasteiger partial charge < -0.3 is 5.73 Å². The maximum atomic E-state index is 6.16. The molecule has 2 aromatic heterocycles. The Bertz CT molecular complexity index is 485. The van der Waals surface area contributed by atoms with Crippen LogP contribution in [0, 0.1) is 0 Å². The third-order valence-electron chi connectivity index (χ3n) is 3.61. The molecule has 4 nitrogen and oxygen atoms in total. The highest BCUT2D eigenvalue weighted by Crippen LogP contribution is 2.29. The highest BCUT2D eigenvalue weighted by molar-refractivity contribution is 7.09. The summed E-state index contributed by atoms with van der Waals surface area (Å²) in [5.41, 5.74) is 9.07. The molecule has 1 aliphatic rings. The van der Waals surface area contributed by atoms with Crippen molar-refractivity contribution in [3.8, 4) is 0 Å². The van der Waals surface area contributed by atoms with Gasteiger partial charge in [0.05, 0.1) is 17.2 Å². The van der Waals surface area contributed by atoms with Crippen LogP contribution < -0.4 is 5.73 Å². The van der Waals surface area contributed by atoms with Crippen molar-refractivity contribution in [1.29, 1.82) is 0 Å². The second-order valence-corrected chi connectivity index (χ2v) is 5.86. The third-order valence-corrected chi connectivity index (χ3v) is 4.52. The summed E-state index contributed by atoms with van der Waals surface area (Å²) in [5, 5.41) is 4.66. The van der Waals surface area contributed by atoms with Crippen LogP contribution >= 0.6 is 11.3 Å². The summed E-state index contributed by atoms with van der Waals surface area (Å²) in [5.74, 6) is 0. The van der Waals surface area contributed by atoms with E-state index in [0.717, 1.165) is 17.0 Å². The quantitative estimate of drug-likeness (QED) is 0.921. The fraction of sp³-hybridized carbons (Fsp3) is 0.538. The normalized spacial score (nSPS) is 18.3. The molecule has 3 rings (SSSR count). The Hall–Kier alpha value is -1.20. The van der Waals surface area contributed by atoms with Crippen molar-refractivity contribution < 1.29 is 0 Å². The largest absolute Gasteiger partial charge is 0.323 e. The van der Waals surface area contributed by atoms with E-state index in [1.165, 1.54) is 25.7 Å². The summed E-state index contributed by atoms with van der Waals surface area (Å²) >= 11 is 1.61. The predicted molar refractivity (Wildman–Crippen MR) is 72.5 cm³/mol. The molecule has 1 fully saturated rings. The van der Waals surface area contributed by atoms with Gasteiger partial charge in [0.2, 0.25) is 0 Å². The zero-order chi connectivity index (χ0) is 12.4. The molecule has 1 atom stereocenters. The fourth-order valence-corrected chi connectivity index (χ4v) is 3.22. The molecule has 2 N–H and O–H groups in total. The van der Waals surface area contributed by atoms with Gasteiger partial charge in [-0.1, -0.05) is 12.8 Å². The Kier molecular flexibility index (Phi) is 3.43. The Morgan fingerprint density at radius 3 is 3.00 bits per heavy atom. The van der Waals surface area contributed by atoms with E-state index in [4.69, 9.17) is 5.73 Å². The summed E-state index contributed by atoms with van der Waals surface area (Å²) < 4.78 is 2.13. The van der Waals surface area contributed by atoms with E-state index in [9.17, 15) is 0 Å². The highest BCUT2D eigenvalue weighted by Gasteiger charge is 2.18. The van der Waals surface area contributed by atoms with Crippen LogP contribution in [0.3, 0.4) is 0 Å². The maximum absolute atomic E-state index is 6.16. The van der Waals surface area contributed by atoms with Crippen molar-refractivity contribution in [2.24, 2.45) is 5.73 Å². The minimum absolute atomic E-state index is 0.0180. The molecule has 1 unspecified atom stereocenters. The van der Waals surface area contributed by atoms with Crippen LogP contribution in [0.4, 0.5) is 0 Å². The first-order valence-corrected chi connectivity index (χ1v) is 7.39. The van der Waals surface area contributed by atoms with E-state index in [1.807, 2.05) is 11.7 Å². The molecule has 1 saturated carbocycles. The number of nitrogens with two attached hydrogens (primary N) is 1. The highest BCUT2D eigenvalue weighted by atomic mass is 32.1. The van der Waals surface area contributed by atoms with Gasteiger partial charge in [-0.25, -0.2) is 0 Å². The van der Waals surface area contributed by atoms with Crippen molar-refractivity contribution in [2.75, 3.05) is 0 Å². The van der Waals surface area contributed by atoms with E-state index in [1.54, 1.807) is 11.3 Å². The van der Waals surface area contributed by atoms with Crippen LogP contribution in [0.1, 0.15) is 48.3 Å². The lowest BCUT2D eigenvalue weighted by Gasteiger charge is -2.10. The van der Waals surface area contributed by atoms with Crippen LogP contribution in [0.2, 0.25) is 0 Å². The van der Waals surface area contributed by atoms with Crippen molar-refractivity contribution in [1.82, 2.24) is 14.8 Å². The van der Waals surface area contributed by atoms with Gasteiger partial charge in [0.1, 0.15) is 0 Å². The van der Waals surface area contributed by atoms with E-state index in [2.05, 4.69) is 27.0 Å². The molecule has 0 radical (unpaired) electrons. The molecule has 2 heterocycles. The monoisotopic (exact) mass is 262 g/mol. The number of rotatable bonds is 4. The van der Waals surface area contributed by atoms with E-state index in [-0.39, 0.29) is 6.04 Å². The van der Waals surface area contributed by atoms with Gasteiger partial charge in [0.25, 0.3) is 0 Å². The number of thiazole rings is 1. The van der Waals surface area contributed by atoms with Crippen molar-refractivity contribution >= 4 is 11.3 Å². The molecule has 2 aromatic rings. The summed E-state index contributed by atoms with van der Waals surface area (Å²) in [7, 11) is 0. The molecule has 0 spiro atoms. The summed E-state index contributed by atoms with van der Waals surface area (Å²) in [6.07, 6.45) is 9.94. The lowest BCUT2D eigenvalue weighted by atomic mass is 10.1. The zero-order valence-electron chi connectivity index (χ0n) is 10.3. The van der Waals surface area contributed by atoms with Crippen LogP contribution in [0.15, 0.2) is 24.0 Å². The molecular formula is C13H18N4S. The van der Waals surface area contributed by atoms with Gasteiger partial charge in [-0.05, 0) is 18.9 Å². The van der Waals surface area contributed by atoms with E-state index < -0.39 is 0 Å². The topological polar surface area (TPSA) is 56.7 Å². The molecule has 0 saturated heterocycles. The first-order chi connectivity index (χ1) is 8.83. The van der Waals surface area contributed by atoms with Gasteiger partial charge in [0, 0.05) is 29.7 Å². The van der Waals surface area contributed by atoms with Gasteiger partial charge in [-0.2, -0.15) is 5.10 Å². The van der Waals surface area contributed by atoms with Crippen LogP contribution in [0.25, 0.3) is 0 Å². The minimum atomic E-state index is 0.0180. The van der Waals surface area contributed by atoms with Crippen LogP contribution in [0.5, 0.6) is 0 Å². The first kappa shape index (κ1) is 11.9. The molecule has 5 heteroatoms. The lowest BCUT2D eigenvalue weighted by molar-refractivity contribution is 0.461. The van der Waals surface area contributed by atoms with E-state index in [0.29, 0.717) is 6.04 Å². The second kappa shape index (κ2) is 5.20. The Balaban J connectivity index is 1.66. The van der Waals surface area contributed by atoms with Gasteiger partial charge in [-0.15, -0.1) is 11.3 Å². The van der Waals surface area contributed by atoms with Crippen molar-refractivity contribution in [3.63, 3.8) is 0 Å². The maximum Gasteiger partial charge on any atom is 0.0794 e. The number of nitrogens with zero attached hydrogens (tertiary/aromatic N) is 3. The van der Waals surface area contributed by atoms with Gasteiger partial charge >= 0.3 is 0 Å².